The molecule has 5 nitrogen and oxygen atoms in total. The molecule has 1 N–H and O–H groups in total. The van der Waals surface area contributed by atoms with Gasteiger partial charge in [-0.1, -0.05) is 19.3 Å². The second-order valence-corrected chi connectivity index (χ2v) is 7.03. The number of piperidine rings is 1. The number of methoxy groups -OCH3 is 1. The van der Waals surface area contributed by atoms with Gasteiger partial charge in [-0.05, 0) is 18.9 Å². The molecule has 0 aromatic carbocycles. The Kier molecular flexibility index (Phi) is 5.09. The number of ether oxygens (including phenoxy) is 1. The van der Waals surface area contributed by atoms with E-state index in [1.165, 1.54) is 24.2 Å². The number of aromatic nitrogens is 2. The Balaban J connectivity index is 1.64. The van der Waals surface area contributed by atoms with Gasteiger partial charge in [0.05, 0.1) is 0 Å². The van der Waals surface area contributed by atoms with E-state index in [9.17, 15) is 18.0 Å². The normalized spacial score (nSPS) is 22.2. The minimum atomic E-state index is -4.43. The van der Waals surface area contributed by atoms with Crippen molar-refractivity contribution in [3.8, 4) is 0 Å². The number of carbonyl (C=O) groups is 1. The molecule has 1 aromatic heterocycles. The molecule has 1 saturated carbocycles. The molecule has 25 heavy (non-hydrogen) atoms. The number of nitrogens with zero attached hydrogens (tertiary/aromatic N) is 2. The molecule has 1 aliphatic heterocycles. The molecule has 2 heterocycles. The van der Waals surface area contributed by atoms with Crippen molar-refractivity contribution >= 4 is 5.91 Å². The largest absolute Gasteiger partial charge is 0.417 e. The number of rotatable bonds is 3. The fourth-order valence-electron chi connectivity index (χ4n) is 3.91. The quantitative estimate of drug-likeness (QED) is 0.896. The smallest absolute Gasteiger partial charge is 0.369 e. The van der Waals surface area contributed by atoms with Crippen molar-refractivity contribution in [2.45, 2.75) is 62.6 Å². The molecule has 1 saturated heterocycles. The van der Waals surface area contributed by atoms with Crippen LogP contribution >= 0.6 is 0 Å². The molecule has 140 valence electrons. The maximum absolute atomic E-state index is 13.2. The highest BCUT2D eigenvalue weighted by molar-refractivity contribution is 5.92. The Morgan fingerprint density at radius 1 is 1.28 bits per heavy atom. The van der Waals surface area contributed by atoms with Crippen LogP contribution in [0, 0.1) is 0 Å². The first-order valence-electron chi connectivity index (χ1n) is 8.83. The molecule has 1 aromatic rings. The average molecular weight is 359 g/mol. The summed E-state index contributed by atoms with van der Waals surface area (Å²) in [5.41, 5.74) is -0.901. The van der Waals surface area contributed by atoms with Gasteiger partial charge in [-0.2, -0.15) is 18.3 Å². The Hall–Kier alpha value is -1.57. The number of H-pyrrole nitrogens is 1. The molecule has 0 spiro atoms. The van der Waals surface area contributed by atoms with Gasteiger partial charge in [0, 0.05) is 44.7 Å². The zero-order chi connectivity index (χ0) is 18.1. The SMILES string of the molecule is COC1(C(F)(F)F)CCN(C(=O)c2cc(C3CCCCC3)[nH]n2)CC1. The molecular weight excluding hydrogens is 335 g/mol. The van der Waals surface area contributed by atoms with Crippen LogP contribution in [0.4, 0.5) is 13.2 Å². The summed E-state index contributed by atoms with van der Waals surface area (Å²) >= 11 is 0. The second kappa shape index (κ2) is 6.97. The molecule has 2 fully saturated rings. The van der Waals surface area contributed by atoms with Crippen LogP contribution in [0.5, 0.6) is 0 Å². The minimum absolute atomic E-state index is 0.0117. The standard InChI is InChI=1S/C17H24F3N3O2/c1-25-16(17(18,19)20)7-9-23(10-8-16)15(24)14-11-13(21-22-14)12-5-3-2-4-6-12/h11-12H,2-10H2,1H3,(H,21,22). The second-order valence-electron chi connectivity index (χ2n) is 7.03. The van der Waals surface area contributed by atoms with Gasteiger partial charge in [0.15, 0.2) is 5.60 Å². The minimum Gasteiger partial charge on any atom is -0.369 e. The fourth-order valence-corrected chi connectivity index (χ4v) is 3.91. The van der Waals surface area contributed by atoms with Gasteiger partial charge in [0.25, 0.3) is 5.91 Å². The Labute approximate surface area is 144 Å². The molecule has 3 rings (SSSR count). The highest BCUT2D eigenvalue weighted by Gasteiger charge is 2.56. The number of carbonyl (C=O) groups excluding carboxylic acids is 1. The third kappa shape index (κ3) is 3.54. The van der Waals surface area contributed by atoms with Crippen molar-refractivity contribution in [3.63, 3.8) is 0 Å². The highest BCUT2D eigenvalue weighted by Crippen LogP contribution is 2.41. The number of likely N-dealkylation sites (tertiary alicyclic amines) is 1. The summed E-state index contributed by atoms with van der Waals surface area (Å²) in [7, 11) is 1.08. The van der Waals surface area contributed by atoms with Crippen molar-refractivity contribution in [2.24, 2.45) is 0 Å². The maximum Gasteiger partial charge on any atom is 0.417 e. The van der Waals surface area contributed by atoms with Crippen LogP contribution in [-0.2, 0) is 4.74 Å². The van der Waals surface area contributed by atoms with Crippen LogP contribution < -0.4 is 0 Å². The third-order valence-corrected chi connectivity index (χ3v) is 5.63. The summed E-state index contributed by atoms with van der Waals surface area (Å²) in [5, 5.41) is 7.05. The number of nitrogens with one attached hydrogen (secondary N) is 1. The van der Waals surface area contributed by atoms with Crippen molar-refractivity contribution in [3.05, 3.63) is 17.5 Å². The van der Waals surface area contributed by atoms with Gasteiger partial charge in [0.2, 0.25) is 0 Å². The molecule has 0 bridgehead atoms. The molecule has 0 radical (unpaired) electrons. The van der Waals surface area contributed by atoms with Gasteiger partial charge in [-0.25, -0.2) is 0 Å². The van der Waals surface area contributed by atoms with Crippen molar-refractivity contribution in [1.29, 1.82) is 0 Å². The predicted octanol–water partition coefficient (Wildman–Crippen LogP) is 3.64. The van der Waals surface area contributed by atoms with Crippen LogP contribution in [0.25, 0.3) is 0 Å². The van der Waals surface area contributed by atoms with E-state index in [-0.39, 0.29) is 37.5 Å². The summed E-state index contributed by atoms with van der Waals surface area (Å²) in [5.74, 6) is 0.0840. The summed E-state index contributed by atoms with van der Waals surface area (Å²) < 4.78 is 44.4. The first kappa shape index (κ1) is 18.2. The summed E-state index contributed by atoms with van der Waals surface area (Å²) in [6.45, 7) is 0.0234. The maximum atomic E-state index is 13.2. The topological polar surface area (TPSA) is 58.2 Å². The van der Waals surface area contributed by atoms with Crippen LogP contribution in [0.3, 0.4) is 0 Å². The van der Waals surface area contributed by atoms with E-state index in [1.807, 2.05) is 0 Å². The van der Waals surface area contributed by atoms with E-state index in [0.29, 0.717) is 5.92 Å². The first-order valence-corrected chi connectivity index (χ1v) is 8.83. The average Bonchev–Trinajstić information content (AvgIpc) is 3.11. The molecular formula is C17H24F3N3O2. The van der Waals surface area contributed by atoms with Gasteiger partial charge in [0.1, 0.15) is 5.69 Å². The highest BCUT2D eigenvalue weighted by atomic mass is 19.4. The molecule has 8 heteroatoms. The molecule has 1 aliphatic carbocycles. The number of aromatic amines is 1. The van der Waals surface area contributed by atoms with Crippen molar-refractivity contribution < 1.29 is 22.7 Å². The van der Waals surface area contributed by atoms with Gasteiger partial charge >= 0.3 is 6.18 Å². The van der Waals surface area contributed by atoms with Gasteiger partial charge in [-0.15, -0.1) is 0 Å². The molecule has 2 aliphatic rings. The fraction of sp³-hybridized carbons (Fsp3) is 0.765. The van der Waals surface area contributed by atoms with Crippen molar-refractivity contribution in [2.75, 3.05) is 20.2 Å². The third-order valence-electron chi connectivity index (χ3n) is 5.63. The van der Waals surface area contributed by atoms with E-state index in [0.717, 1.165) is 25.6 Å². The lowest BCUT2D eigenvalue weighted by molar-refractivity contribution is -0.281. The number of amides is 1. The number of halogens is 3. The lowest BCUT2D eigenvalue weighted by atomic mass is 9.87. The lowest BCUT2D eigenvalue weighted by Crippen LogP contribution is -2.55. The van der Waals surface area contributed by atoms with E-state index in [2.05, 4.69) is 10.2 Å². The zero-order valence-corrected chi connectivity index (χ0v) is 14.4. The van der Waals surface area contributed by atoms with Crippen LogP contribution in [0.15, 0.2) is 6.07 Å². The zero-order valence-electron chi connectivity index (χ0n) is 14.4. The summed E-state index contributed by atoms with van der Waals surface area (Å²) in [4.78, 5) is 14.0. The predicted molar refractivity (Wildman–Crippen MR) is 85.3 cm³/mol. The number of alkyl halides is 3. The molecule has 0 atom stereocenters. The summed E-state index contributed by atoms with van der Waals surface area (Å²) in [6.07, 6.45) is 0.827. The van der Waals surface area contributed by atoms with Crippen LogP contribution in [0.2, 0.25) is 0 Å². The van der Waals surface area contributed by atoms with Gasteiger partial charge < -0.3 is 9.64 Å². The summed E-state index contributed by atoms with van der Waals surface area (Å²) in [6, 6.07) is 1.76. The molecule has 1 amide bonds. The first-order chi connectivity index (χ1) is 11.9. The van der Waals surface area contributed by atoms with E-state index in [4.69, 9.17) is 4.74 Å². The van der Waals surface area contributed by atoms with E-state index >= 15 is 0 Å². The Morgan fingerprint density at radius 3 is 2.48 bits per heavy atom. The van der Waals surface area contributed by atoms with Crippen LogP contribution in [0.1, 0.15) is 67.0 Å². The van der Waals surface area contributed by atoms with Crippen molar-refractivity contribution in [1.82, 2.24) is 15.1 Å². The van der Waals surface area contributed by atoms with Crippen LogP contribution in [-0.4, -0.2) is 53.0 Å². The molecule has 0 unspecified atom stereocenters. The Morgan fingerprint density at radius 2 is 1.92 bits per heavy atom. The van der Waals surface area contributed by atoms with Gasteiger partial charge in [-0.3, -0.25) is 9.89 Å². The van der Waals surface area contributed by atoms with E-state index < -0.39 is 11.8 Å². The monoisotopic (exact) mass is 359 g/mol. The Bertz CT molecular complexity index is 601. The van der Waals surface area contributed by atoms with E-state index in [1.54, 1.807) is 6.07 Å². The number of hydrogen-bond acceptors (Lipinski definition) is 3. The lowest BCUT2D eigenvalue weighted by Gasteiger charge is -2.41. The number of hydrogen-bond donors (Lipinski definition) is 1.